The quantitative estimate of drug-likeness (QED) is 0.381. The van der Waals surface area contributed by atoms with Gasteiger partial charge in [-0.2, -0.15) is 22.7 Å². The van der Waals surface area contributed by atoms with Crippen molar-refractivity contribution in [1.29, 1.82) is 0 Å². The molecule has 47 heavy (non-hydrogen) atoms. The standard InChI is InChI=1S/C30H34F3N9O5/c1-3-20-23(39-6-8-40(9-7-39)26(45)22-24(44)16(2)34-15-35-22)27(46)42-28(37-25(38-42)17-4-10-47-11-5-17)41(20)14-21(43)36-19-13-29(12-18(19)29)30(31,32)33/h4,15,18-19,44H,3,5-14H2,1-2H3,(H,36,43)/t18?,19-,29?/m1/s1. The molecule has 7 rings (SSSR count). The Morgan fingerprint density at radius 1 is 1.17 bits per heavy atom. The minimum atomic E-state index is -4.28. The van der Waals surface area contributed by atoms with Gasteiger partial charge in [0.15, 0.2) is 17.3 Å². The van der Waals surface area contributed by atoms with Gasteiger partial charge in [0.1, 0.15) is 18.6 Å². The van der Waals surface area contributed by atoms with Gasteiger partial charge in [0.05, 0.1) is 30.0 Å². The fourth-order valence-corrected chi connectivity index (χ4v) is 7.16. The second-order valence-electron chi connectivity index (χ2n) is 12.5. The molecule has 2 unspecified atom stereocenters. The zero-order chi connectivity index (χ0) is 33.2. The molecular weight excluding hydrogens is 623 g/mol. The number of nitrogens with zero attached hydrogens (tertiary/aromatic N) is 8. The average Bonchev–Trinajstić information content (AvgIpc) is 3.44. The van der Waals surface area contributed by atoms with Crippen LogP contribution in [0.1, 0.15) is 53.9 Å². The maximum atomic E-state index is 14.1. The van der Waals surface area contributed by atoms with Crippen LogP contribution in [0.5, 0.6) is 5.75 Å². The second-order valence-corrected chi connectivity index (χ2v) is 12.5. The number of rotatable bonds is 7. The Balaban J connectivity index is 1.19. The van der Waals surface area contributed by atoms with E-state index in [1.54, 1.807) is 11.5 Å². The number of ether oxygens (including phenoxy) is 1. The Kier molecular flexibility index (Phi) is 7.48. The van der Waals surface area contributed by atoms with Crippen LogP contribution in [-0.4, -0.2) is 103 Å². The summed E-state index contributed by atoms with van der Waals surface area (Å²) in [5.74, 6) is -1.35. The van der Waals surface area contributed by atoms with E-state index in [0.29, 0.717) is 43.3 Å². The highest BCUT2D eigenvalue weighted by Crippen LogP contribution is 2.74. The Morgan fingerprint density at radius 2 is 1.94 bits per heavy atom. The molecule has 2 aliphatic heterocycles. The predicted octanol–water partition coefficient (Wildman–Crippen LogP) is 1.48. The Morgan fingerprint density at radius 3 is 2.57 bits per heavy atom. The number of hydrogen-bond donors (Lipinski definition) is 2. The molecule has 250 valence electrons. The lowest BCUT2D eigenvalue weighted by atomic mass is 9.79. The zero-order valence-electron chi connectivity index (χ0n) is 25.9. The molecule has 2 N–H and O–H groups in total. The summed E-state index contributed by atoms with van der Waals surface area (Å²) in [5.41, 5.74) is -0.299. The molecule has 3 aromatic heterocycles. The van der Waals surface area contributed by atoms with E-state index in [1.807, 2.05) is 17.9 Å². The van der Waals surface area contributed by atoms with Crippen molar-refractivity contribution >= 4 is 28.9 Å². The van der Waals surface area contributed by atoms with Crippen molar-refractivity contribution in [3.05, 3.63) is 45.7 Å². The topological polar surface area (TPSA) is 160 Å². The number of anilines is 1. The first-order valence-electron chi connectivity index (χ1n) is 15.6. The molecule has 5 heterocycles. The van der Waals surface area contributed by atoms with Gasteiger partial charge in [0.25, 0.3) is 11.5 Å². The molecule has 17 heteroatoms. The number of aryl methyl sites for hydroxylation is 1. The van der Waals surface area contributed by atoms with E-state index in [-0.39, 0.29) is 68.5 Å². The summed E-state index contributed by atoms with van der Waals surface area (Å²) in [6.07, 6.45) is -0.471. The van der Waals surface area contributed by atoms with E-state index in [2.05, 4.69) is 25.4 Å². The Hall–Kier alpha value is -4.54. The van der Waals surface area contributed by atoms with E-state index >= 15 is 0 Å². The maximum Gasteiger partial charge on any atom is 0.394 e. The number of alkyl halides is 3. The summed E-state index contributed by atoms with van der Waals surface area (Å²) in [6.45, 7) is 4.97. The van der Waals surface area contributed by atoms with Crippen LogP contribution in [0.3, 0.4) is 0 Å². The number of halogens is 3. The fourth-order valence-electron chi connectivity index (χ4n) is 7.16. The van der Waals surface area contributed by atoms with Crippen molar-refractivity contribution in [3.8, 4) is 5.75 Å². The highest BCUT2D eigenvalue weighted by molar-refractivity contribution is 5.95. The number of carbonyl (C=O) groups excluding carboxylic acids is 2. The number of carbonyl (C=O) groups is 2. The molecule has 0 radical (unpaired) electrons. The third kappa shape index (κ3) is 5.10. The van der Waals surface area contributed by atoms with Crippen molar-refractivity contribution in [2.45, 2.75) is 58.3 Å². The van der Waals surface area contributed by atoms with Gasteiger partial charge in [-0.15, -0.1) is 5.10 Å². The van der Waals surface area contributed by atoms with Gasteiger partial charge in [0, 0.05) is 32.2 Å². The number of aromatic nitrogens is 6. The third-order valence-corrected chi connectivity index (χ3v) is 9.92. The summed E-state index contributed by atoms with van der Waals surface area (Å²) in [6, 6.07) is -0.561. The SMILES string of the molecule is CCc1c(N2CCN(C(=O)c3ncnc(C)c3O)CC2)c(=O)n2nc(C3=CCOCC3)nc2n1CC(=O)N[C@@H]1CC2(C(F)(F)F)CC12. The molecule has 3 atom stereocenters. The summed E-state index contributed by atoms with van der Waals surface area (Å²) in [4.78, 5) is 56.5. The highest BCUT2D eigenvalue weighted by Gasteiger charge is 2.79. The van der Waals surface area contributed by atoms with Crippen LogP contribution in [0, 0.1) is 18.3 Å². The van der Waals surface area contributed by atoms with Crippen LogP contribution in [0.4, 0.5) is 18.9 Å². The lowest BCUT2D eigenvalue weighted by Gasteiger charge is -2.37. The molecule has 2 saturated carbocycles. The predicted molar refractivity (Wildman–Crippen MR) is 160 cm³/mol. The highest BCUT2D eigenvalue weighted by atomic mass is 19.4. The van der Waals surface area contributed by atoms with Crippen molar-refractivity contribution < 1.29 is 32.6 Å². The van der Waals surface area contributed by atoms with Crippen LogP contribution in [0.2, 0.25) is 0 Å². The van der Waals surface area contributed by atoms with Crippen LogP contribution in [-0.2, 0) is 22.5 Å². The fraction of sp³-hybridized carbons (Fsp3) is 0.567. The van der Waals surface area contributed by atoms with E-state index in [4.69, 9.17) is 4.74 Å². The molecule has 3 fully saturated rings. The number of fused-ring (bicyclic) bond motifs is 2. The van der Waals surface area contributed by atoms with Crippen molar-refractivity contribution in [2.24, 2.45) is 11.3 Å². The first-order valence-corrected chi connectivity index (χ1v) is 15.6. The van der Waals surface area contributed by atoms with Gasteiger partial charge in [-0.1, -0.05) is 13.0 Å². The van der Waals surface area contributed by atoms with Gasteiger partial charge in [-0.3, -0.25) is 14.4 Å². The normalized spacial score (nSPS) is 24.1. The molecule has 14 nitrogen and oxygen atoms in total. The van der Waals surface area contributed by atoms with Crippen molar-refractivity contribution in [1.82, 2.24) is 39.3 Å². The molecular formula is C30H34F3N9O5. The van der Waals surface area contributed by atoms with Crippen LogP contribution in [0.15, 0.2) is 17.2 Å². The minimum absolute atomic E-state index is 0.0192. The Labute approximate surface area is 266 Å². The molecule has 3 aromatic rings. The van der Waals surface area contributed by atoms with Gasteiger partial charge >= 0.3 is 6.18 Å². The molecule has 1 saturated heterocycles. The first kappa shape index (κ1) is 31.1. The number of amides is 2. The van der Waals surface area contributed by atoms with Crippen molar-refractivity contribution in [2.75, 3.05) is 44.3 Å². The molecule has 2 amide bonds. The lowest BCUT2D eigenvalue weighted by molar-refractivity contribution is -0.212. The number of aromatic hydroxyl groups is 1. The van der Waals surface area contributed by atoms with Crippen LogP contribution >= 0.6 is 0 Å². The first-order chi connectivity index (χ1) is 22.4. The molecule has 2 aliphatic carbocycles. The smallest absolute Gasteiger partial charge is 0.394 e. The number of nitrogens with one attached hydrogen (secondary N) is 1. The molecule has 0 bridgehead atoms. The molecule has 4 aliphatic rings. The van der Waals surface area contributed by atoms with Gasteiger partial charge < -0.3 is 29.5 Å². The number of piperazine rings is 1. The minimum Gasteiger partial charge on any atom is -0.504 e. The largest absolute Gasteiger partial charge is 0.504 e. The van der Waals surface area contributed by atoms with Gasteiger partial charge in [-0.05, 0) is 44.1 Å². The Bertz CT molecular complexity index is 1860. The molecule has 0 spiro atoms. The van der Waals surface area contributed by atoms with Crippen molar-refractivity contribution in [3.63, 3.8) is 0 Å². The average molecular weight is 658 g/mol. The summed E-state index contributed by atoms with van der Waals surface area (Å²) in [7, 11) is 0. The van der Waals surface area contributed by atoms with Crippen LogP contribution < -0.4 is 15.8 Å². The third-order valence-electron chi connectivity index (χ3n) is 9.92. The van der Waals surface area contributed by atoms with E-state index < -0.39 is 40.9 Å². The summed E-state index contributed by atoms with van der Waals surface area (Å²) in [5, 5.41) is 17.7. The monoisotopic (exact) mass is 657 g/mol. The summed E-state index contributed by atoms with van der Waals surface area (Å²) < 4.78 is 48.5. The van der Waals surface area contributed by atoms with E-state index in [9.17, 15) is 32.7 Å². The van der Waals surface area contributed by atoms with Crippen LogP contribution in [0.25, 0.3) is 11.4 Å². The maximum absolute atomic E-state index is 14.1. The van der Waals surface area contributed by atoms with Gasteiger partial charge in [-0.25, -0.2) is 9.97 Å². The summed E-state index contributed by atoms with van der Waals surface area (Å²) >= 11 is 0. The zero-order valence-corrected chi connectivity index (χ0v) is 25.9. The lowest BCUT2D eigenvalue weighted by Crippen LogP contribution is -2.52. The number of hydrogen-bond acceptors (Lipinski definition) is 10. The molecule has 0 aromatic carbocycles. The van der Waals surface area contributed by atoms with E-state index in [0.717, 1.165) is 5.57 Å². The second kappa shape index (κ2) is 11.3. The van der Waals surface area contributed by atoms with Gasteiger partial charge in [0.2, 0.25) is 11.7 Å². The van der Waals surface area contributed by atoms with E-state index in [1.165, 1.54) is 15.7 Å².